The molecule has 252 valence electrons. The molecule has 1 heterocycles. The van der Waals surface area contributed by atoms with Crippen molar-refractivity contribution in [3.8, 4) is 11.5 Å². The van der Waals surface area contributed by atoms with E-state index in [1.54, 1.807) is 24.3 Å². The minimum atomic E-state index is -4.19. The van der Waals surface area contributed by atoms with Crippen LogP contribution in [0.5, 0.6) is 11.5 Å². The number of allylic oxidation sites excluding steroid dienone is 4. The first-order valence-corrected chi connectivity index (χ1v) is 18.6. The number of halogens is 1. The van der Waals surface area contributed by atoms with E-state index in [1.165, 1.54) is 12.1 Å². The number of hydrogen-bond acceptors (Lipinski definition) is 7. The van der Waals surface area contributed by atoms with Gasteiger partial charge in [0.25, 0.3) is 0 Å². The molecular formula is C39H42BrNO6S. The largest absolute Gasteiger partial charge is 0.490 e. The van der Waals surface area contributed by atoms with Crippen LogP contribution in [-0.2, 0) is 26.3 Å². The minimum Gasteiger partial charge on any atom is -0.490 e. The van der Waals surface area contributed by atoms with Crippen molar-refractivity contribution in [2.75, 3.05) is 6.61 Å². The van der Waals surface area contributed by atoms with Gasteiger partial charge in [-0.2, -0.15) is 8.42 Å². The van der Waals surface area contributed by atoms with Crippen LogP contribution in [0, 0.1) is 17.8 Å². The molecule has 3 aromatic carbocycles. The predicted octanol–water partition coefficient (Wildman–Crippen LogP) is 8.81. The fourth-order valence-corrected chi connectivity index (χ4v) is 8.90. The van der Waals surface area contributed by atoms with Crippen molar-refractivity contribution in [3.05, 3.63) is 110 Å². The van der Waals surface area contributed by atoms with Crippen molar-refractivity contribution < 1.29 is 26.9 Å². The van der Waals surface area contributed by atoms with Crippen LogP contribution >= 0.6 is 15.9 Å². The van der Waals surface area contributed by atoms with E-state index in [0.717, 1.165) is 22.5 Å². The van der Waals surface area contributed by atoms with Gasteiger partial charge in [-0.25, -0.2) is 0 Å². The Bertz CT molecular complexity index is 1900. The first-order valence-electron chi connectivity index (χ1n) is 16.4. The normalized spacial score (nSPS) is 19.3. The Kier molecular flexibility index (Phi) is 9.00. The molecule has 0 atom stereocenters. The van der Waals surface area contributed by atoms with E-state index < -0.39 is 16.0 Å². The van der Waals surface area contributed by atoms with Gasteiger partial charge in [-0.3, -0.25) is 9.59 Å². The Morgan fingerprint density at radius 3 is 1.94 bits per heavy atom. The third kappa shape index (κ3) is 6.64. The summed E-state index contributed by atoms with van der Waals surface area (Å²) in [4.78, 5) is 30.9. The van der Waals surface area contributed by atoms with E-state index in [4.69, 9.17) is 8.92 Å². The molecule has 2 aliphatic carbocycles. The summed E-state index contributed by atoms with van der Waals surface area (Å²) < 4.78 is 38.8. The molecule has 3 aromatic rings. The lowest BCUT2D eigenvalue weighted by Crippen LogP contribution is -2.44. The highest BCUT2D eigenvalue weighted by atomic mass is 79.9. The van der Waals surface area contributed by atoms with Gasteiger partial charge in [0, 0.05) is 47.8 Å². The van der Waals surface area contributed by atoms with Crippen molar-refractivity contribution in [1.82, 2.24) is 4.90 Å². The van der Waals surface area contributed by atoms with Gasteiger partial charge in [0.2, 0.25) is 0 Å². The highest BCUT2D eigenvalue weighted by Crippen LogP contribution is 2.56. The van der Waals surface area contributed by atoms with Crippen molar-refractivity contribution in [2.24, 2.45) is 10.8 Å². The molecule has 6 rings (SSSR count). The molecule has 0 fully saturated rings. The van der Waals surface area contributed by atoms with E-state index in [2.05, 4.69) is 60.7 Å². The van der Waals surface area contributed by atoms with Crippen LogP contribution in [0.3, 0.4) is 0 Å². The number of Topliss-reactive ketones (excluding diaryl/α,β-unsaturated/α-hetero) is 2. The molecule has 0 saturated heterocycles. The lowest BCUT2D eigenvalue weighted by Gasteiger charge is -2.49. The van der Waals surface area contributed by atoms with E-state index in [0.29, 0.717) is 53.4 Å². The zero-order chi connectivity index (χ0) is 34.6. The summed E-state index contributed by atoms with van der Waals surface area (Å²) in [5.74, 6) is -0.374. The summed E-state index contributed by atoms with van der Waals surface area (Å²) in [6.07, 6.45) is 2.08. The SMILES string of the molecule is CCOc1cc(C2C3=C(CC(C)(C)CC3=O)N(Cc3ccccc3)C3=C2C(=O)CC(C)(C)C3)cc(Br)c1OS(=O)(=O)c1ccc(C)cc1. The van der Waals surface area contributed by atoms with Crippen LogP contribution in [0.15, 0.2) is 98.6 Å². The Morgan fingerprint density at radius 1 is 0.833 bits per heavy atom. The zero-order valence-electron chi connectivity index (χ0n) is 28.4. The molecule has 0 amide bonds. The highest BCUT2D eigenvalue weighted by molar-refractivity contribution is 9.10. The smallest absolute Gasteiger partial charge is 0.339 e. The lowest BCUT2D eigenvalue weighted by molar-refractivity contribution is -0.119. The van der Waals surface area contributed by atoms with E-state index in [9.17, 15) is 18.0 Å². The van der Waals surface area contributed by atoms with Crippen molar-refractivity contribution in [2.45, 2.75) is 84.6 Å². The standard InChI is InChI=1S/C39H42BrNO6S/c1-7-46-33-18-26(17-28(40)37(33)47-48(44,45)27-15-13-24(2)14-16-27)34-35-29(19-38(3,4)21-31(35)42)41(23-25-11-9-8-10-12-25)30-20-39(5,6)22-32(43)36(30)34/h8-18,34H,7,19-23H2,1-6H3. The van der Waals surface area contributed by atoms with Crippen LogP contribution < -0.4 is 8.92 Å². The quantitative estimate of drug-likeness (QED) is 0.214. The maximum absolute atomic E-state index is 14.3. The molecule has 3 aliphatic rings. The average Bonchev–Trinajstić information content (AvgIpc) is 2.99. The first kappa shape index (κ1) is 34.2. The third-order valence-electron chi connectivity index (χ3n) is 9.37. The molecule has 9 heteroatoms. The van der Waals surface area contributed by atoms with Gasteiger partial charge >= 0.3 is 10.1 Å². The maximum Gasteiger partial charge on any atom is 0.339 e. The van der Waals surface area contributed by atoms with Crippen LogP contribution in [0.4, 0.5) is 0 Å². The summed E-state index contributed by atoms with van der Waals surface area (Å²) in [7, 11) is -4.19. The predicted molar refractivity (Wildman–Crippen MR) is 189 cm³/mol. The molecule has 0 unspecified atom stereocenters. The summed E-state index contributed by atoms with van der Waals surface area (Å²) in [5.41, 5.74) is 5.33. The number of benzene rings is 3. The van der Waals surface area contributed by atoms with Gasteiger partial charge in [0.15, 0.2) is 23.1 Å². The zero-order valence-corrected chi connectivity index (χ0v) is 30.8. The second-order valence-corrected chi connectivity index (χ2v) is 17.1. The Morgan fingerprint density at radius 2 is 1.40 bits per heavy atom. The topological polar surface area (TPSA) is 90.0 Å². The van der Waals surface area contributed by atoms with Gasteiger partial charge < -0.3 is 13.8 Å². The summed E-state index contributed by atoms with van der Waals surface area (Å²) in [5, 5.41) is 0. The number of aryl methyl sites for hydroxylation is 1. The monoisotopic (exact) mass is 731 g/mol. The van der Waals surface area contributed by atoms with E-state index in [1.807, 2.05) is 32.0 Å². The van der Waals surface area contributed by atoms with Crippen LogP contribution in [0.1, 0.15) is 82.9 Å². The van der Waals surface area contributed by atoms with Gasteiger partial charge in [0.1, 0.15) is 4.90 Å². The molecule has 0 aromatic heterocycles. The Labute approximate surface area is 292 Å². The van der Waals surface area contributed by atoms with Crippen LogP contribution in [0.25, 0.3) is 0 Å². The molecule has 0 N–H and O–H groups in total. The third-order valence-corrected chi connectivity index (χ3v) is 11.2. The van der Waals surface area contributed by atoms with Crippen molar-refractivity contribution in [3.63, 3.8) is 0 Å². The number of ether oxygens (including phenoxy) is 1. The fourth-order valence-electron chi connectivity index (χ4n) is 7.30. The van der Waals surface area contributed by atoms with Crippen molar-refractivity contribution >= 4 is 37.6 Å². The molecule has 0 spiro atoms. The summed E-state index contributed by atoms with van der Waals surface area (Å²) in [6, 6.07) is 20.1. The minimum absolute atomic E-state index is 0.0123. The highest BCUT2D eigenvalue weighted by Gasteiger charge is 2.49. The molecular weight excluding hydrogens is 690 g/mol. The van der Waals surface area contributed by atoms with Crippen LogP contribution in [0.2, 0.25) is 0 Å². The Hall–Kier alpha value is -3.69. The maximum atomic E-state index is 14.3. The van der Waals surface area contributed by atoms with E-state index in [-0.39, 0.29) is 45.4 Å². The molecule has 48 heavy (non-hydrogen) atoms. The molecule has 0 bridgehead atoms. The van der Waals surface area contributed by atoms with Gasteiger partial charge in [-0.05, 0) is 88.8 Å². The average molecular weight is 733 g/mol. The number of ketones is 2. The number of nitrogens with zero attached hydrogens (tertiary/aromatic N) is 1. The summed E-state index contributed by atoms with van der Waals surface area (Å²) in [6.45, 7) is 13.0. The van der Waals surface area contributed by atoms with Crippen LogP contribution in [-0.4, -0.2) is 31.5 Å². The molecule has 1 aliphatic heterocycles. The first-order chi connectivity index (χ1) is 22.6. The molecule has 7 nitrogen and oxygen atoms in total. The second kappa shape index (κ2) is 12.6. The van der Waals surface area contributed by atoms with Crippen molar-refractivity contribution in [1.29, 1.82) is 0 Å². The van der Waals surface area contributed by atoms with Gasteiger partial charge in [-0.1, -0.05) is 75.7 Å². The fraction of sp³-hybridized carbons (Fsp3) is 0.385. The second-order valence-electron chi connectivity index (χ2n) is 14.7. The summed E-state index contributed by atoms with van der Waals surface area (Å²) >= 11 is 3.59. The molecule has 0 saturated carbocycles. The van der Waals surface area contributed by atoms with Gasteiger partial charge in [0.05, 0.1) is 11.1 Å². The lowest BCUT2D eigenvalue weighted by atomic mass is 9.63. The number of rotatable bonds is 8. The number of hydrogen-bond donors (Lipinski definition) is 0. The molecule has 0 radical (unpaired) electrons. The number of carbonyl (C=O) groups is 2. The van der Waals surface area contributed by atoms with E-state index >= 15 is 0 Å². The van der Waals surface area contributed by atoms with Gasteiger partial charge in [-0.15, -0.1) is 0 Å². The number of carbonyl (C=O) groups excluding carboxylic acids is 2. The Balaban J connectivity index is 1.54.